The summed E-state index contributed by atoms with van der Waals surface area (Å²) < 4.78 is 5.29. The number of thiophene rings is 1. The van der Waals surface area contributed by atoms with Crippen LogP contribution in [0.15, 0.2) is 24.3 Å². The number of ether oxygens (including phenoxy) is 1. The number of carbonyl (C=O) groups is 1. The van der Waals surface area contributed by atoms with Crippen LogP contribution in [-0.2, 0) is 4.79 Å². The number of benzene rings is 1. The van der Waals surface area contributed by atoms with Gasteiger partial charge in [-0.1, -0.05) is 6.07 Å². The largest absolute Gasteiger partial charge is 0.497 e. The number of aryl methyl sites for hydroxylation is 1. The maximum absolute atomic E-state index is 12.4. The third-order valence-corrected chi connectivity index (χ3v) is 6.03. The van der Waals surface area contributed by atoms with Gasteiger partial charge in [-0.2, -0.15) is 5.26 Å². The normalized spacial score (nSPS) is 14.7. The van der Waals surface area contributed by atoms with Crippen molar-refractivity contribution in [1.82, 2.24) is 4.90 Å². The highest BCUT2D eigenvalue weighted by Crippen LogP contribution is 2.31. The van der Waals surface area contributed by atoms with E-state index < -0.39 is 0 Å². The highest BCUT2D eigenvalue weighted by atomic mass is 32.1. The van der Waals surface area contributed by atoms with Gasteiger partial charge in [-0.05, 0) is 31.5 Å². The number of hydrogen-bond acceptors (Lipinski definition) is 6. The highest BCUT2D eigenvalue weighted by molar-refractivity contribution is 7.16. The lowest BCUT2D eigenvalue weighted by atomic mass is 10.2. The zero-order valence-corrected chi connectivity index (χ0v) is 16.7. The zero-order chi connectivity index (χ0) is 19.4. The van der Waals surface area contributed by atoms with Crippen LogP contribution in [0.2, 0.25) is 0 Å². The van der Waals surface area contributed by atoms with Crippen LogP contribution in [0.1, 0.15) is 16.0 Å². The average Bonchev–Trinajstić information content (AvgIpc) is 2.95. The first-order valence-corrected chi connectivity index (χ1v) is 9.74. The fourth-order valence-electron chi connectivity index (χ4n) is 3.19. The molecule has 1 aliphatic heterocycles. The number of rotatable bonds is 5. The molecule has 1 amide bonds. The molecular formula is C20H24N4O2S. The Labute approximate surface area is 164 Å². The number of hydrogen-bond donors (Lipinski definition) is 1. The van der Waals surface area contributed by atoms with Gasteiger partial charge >= 0.3 is 0 Å². The molecule has 1 aromatic heterocycles. The van der Waals surface area contributed by atoms with E-state index >= 15 is 0 Å². The van der Waals surface area contributed by atoms with Crippen molar-refractivity contribution in [2.24, 2.45) is 0 Å². The van der Waals surface area contributed by atoms with Gasteiger partial charge in [0.1, 0.15) is 16.8 Å². The molecule has 0 unspecified atom stereocenters. The van der Waals surface area contributed by atoms with E-state index in [0.717, 1.165) is 48.1 Å². The minimum atomic E-state index is -0.0671. The second kappa shape index (κ2) is 8.42. The van der Waals surface area contributed by atoms with Gasteiger partial charge in [0.15, 0.2) is 0 Å². The molecule has 1 N–H and O–H groups in total. The van der Waals surface area contributed by atoms with Crippen molar-refractivity contribution >= 4 is 27.9 Å². The first-order valence-electron chi connectivity index (χ1n) is 8.93. The van der Waals surface area contributed by atoms with Crippen LogP contribution in [0.25, 0.3) is 0 Å². The van der Waals surface area contributed by atoms with Crippen LogP contribution < -0.4 is 15.0 Å². The molecule has 1 saturated heterocycles. The van der Waals surface area contributed by atoms with Crippen LogP contribution in [0, 0.1) is 25.2 Å². The van der Waals surface area contributed by atoms with Crippen molar-refractivity contribution in [1.29, 1.82) is 5.26 Å². The summed E-state index contributed by atoms with van der Waals surface area (Å²) in [5.41, 5.74) is 2.67. The van der Waals surface area contributed by atoms with E-state index in [2.05, 4.69) is 27.3 Å². The fraction of sp³-hybridized carbons (Fsp3) is 0.400. The summed E-state index contributed by atoms with van der Waals surface area (Å²) in [5.74, 6) is 0.784. The van der Waals surface area contributed by atoms with E-state index in [9.17, 15) is 10.1 Å². The third-order valence-electron chi connectivity index (χ3n) is 4.91. The molecule has 3 rings (SSSR count). The summed E-state index contributed by atoms with van der Waals surface area (Å²) in [6.45, 7) is 7.58. The number of nitrogens with zero attached hydrogens (tertiary/aromatic N) is 3. The second-order valence-corrected chi connectivity index (χ2v) is 7.84. The van der Waals surface area contributed by atoms with Crippen LogP contribution in [-0.4, -0.2) is 50.6 Å². The van der Waals surface area contributed by atoms with Gasteiger partial charge in [-0.3, -0.25) is 9.69 Å². The summed E-state index contributed by atoms with van der Waals surface area (Å²) in [4.78, 5) is 17.9. The summed E-state index contributed by atoms with van der Waals surface area (Å²) in [6.07, 6.45) is 0. The molecular weight excluding hydrogens is 360 g/mol. The van der Waals surface area contributed by atoms with Crippen molar-refractivity contribution < 1.29 is 9.53 Å². The number of nitriles is 1. The lowest BCUT2D eigenvalue weighted by molar-refractivity contribution is -0.117. The van der Waals surface area contributed by atoms with Gasteiger partial charge in [-0.25, -0.2) is 0 Å². The molecule has 1 aliphatic rings. The van der Waals surface area contributed by atoms with Crippen LogP contribution in [0.4, 0.5) is 10.7 Å². The molecule has 1 fully saturated rings. The molecule has 7 heteroatoms. The minimum absolute atomic E-state index is 0.0671. The quantitative estimate of drug-likeness (QED) is 0.858. The van der Waals surface area contributed by atoms with Crippen LogP contribution in [0.3, 0.4) is 0 Å². The molecule has 142 valence electrons. The van der Waals surface area contributed by atoms with Gasteiger partial charge < -0.3 is 15.0 Å². The molecule has 1 aromatic carbocycles. The van der Waals surface area contributed by atoms with Gasteiger partial charge in [0, 0.05) is 42.8 Å². The topological polar surface area (TPSA) is 68.6 Å². The molecule has 2 heterocycles. The molecule has 0 radical (unpaired) electrons. The Hall–Kier alpha value is -2.56. The molecule has 0 aliphatic carbocycles. The molecule has 0 saturated carbocycles. The van der Waals surface area contributed by atoms with Crippen molar-refractivity contribution in [2.45, 2.75) is 13.8 Å². The Morgan fingerprint density at radius 2 is 2.04 bits per heavy atom. The molecule has 0 bridgehead atoms. The third kappa shape index (κ3) is 4.41. The first kappa shape index (κ1) is 19.2. The maximum Gasteiger partial charge on any atom is 0.239 e. The van der Waals surface area contributed by atoms with E-state index in [1.165, 1.54) is 11.3 Å². The van der Waals surface area contributed by atoms with E-state index in [-0.39, 0.29) is 5.91 Å². The number of carbonyl (C=O) groups excluding carboxylic acids is 1. The predicted molar refractivity (Wildman–Crippen MR) is 109 cm³/mol. The molecule has 27 heavy (non-hydrogen) atoms. The number of piperazine rings is 1. The number of nitrogens with one attached hydrogen (secondary N) is 1. The van der Waals surface area contributed by atoms with Gasteiger partial charge in [-0.15, -0.1) is 11.3 Å². The summed E-state index contributed by atoms with van der Waals surface area (Å²) in [5, 5.41) is 12.9. The van der Waals surface area contributed by atoms with Crippen molar-refractivity contribution in [3.05, 3.63) is 40.3 Å². The van der Waals surface area contributed by atoms with Crippen LogP contribution >= 0.6 is 11.3 Å². The van der Waals surface area contributed by atoms with E-state index in [4.69, 9.17) is 4.74 Å². The minimum Gasteiger partial charge on any atom is -0.497 e. The monoisotopic (exact) mass is 384 g/mol. The predicted octanol–water partition coefficient (Wildman–Crippen LogP) is 3.01. The Balaban J connectivity index is 1.54. The Bertz CT molecular complexity index is 863. The van der Waals surface area contributed by atoms with Gasteiger partial charge in [0.05, 0.1) is 19.2 Å². The molecule has 2 aromatic rings. The van der Waals surface area contributed by atoms with Crippen LogP contribution in [0.5, 0.6) is 5.75 Å². The SMILES string of the molecule is COc1cccc(N2CCN(CC(=O)Nc3sc(C)c(C)c3C#N)CC2)c1. The number of amides is 1. The highest BCUT2D eigenvalue weighted by Gasteiger charge is 2.21. The van der Waals surface area contributed by atoms with E-state index in [1.807, 2.05) is 32.0 Å². The standard InChI is InChI=1S/C20H24N4O2S/c1-14-15(2)27-20(18(14)12-21)22-19(25)13-23-7-9-24(10-8-23)16-5-4-6-17(11-16)26-3/h4-6,11H,7-10,13H2,1-3H3,(H,22,25). The van der Waals surface area contributed by atoms with E-state index in [0.29, 0.717) is 17.1 Å². The molecule has 6 nitrogen and oxygen atoms in total. The Morgan fingerprint density at radius 1 is 1.30 bits per heavy atom. The number of methoxy groups -OCH3 is 1. The fourth-order valence-corrected chi connectivity index (χ4v) is 4.22. The van der Waals surface area contributed by atoms with E-state index in [1.54, 1.807) is 7.11 Å². The van der Waals surface area contributed by atoms with Crippen molar-refractivity contribution in [3.8, 4) is 11.8 Å². The van der Waals surface area contributed by atoms with Crippen molar-refractivity contribution in [2.75, 3.05) is 50.1 Å². The zero-order valence-electron chi connectivity index (χ0n) is 15.9. The summed E-state index contributed by atoms with van der Waals surface area (Å²) in [7, 11) is 1.67. The van der Waals surface area contributed by atoms with Gasteiger partial charge in [0.2, 0.25) is 5.91 Å². The maximum atomic E-state index is 12.4. The summed E-state index contributed by atoms with van der Waals surface area (Å²) >= 11 is 1.46. The first-order chi connectivity index (χ1) is 13.0. The molecule has 0 spiro atoms. The molecule has 0 atom stereocenters. The second-order valence-electron chi connectivity index (χ2n) is 6.61. The lowest BCUT2D eigenvalue weighted by Gasteiger charge is -2.35. The summed E-state index contributed by atoms with van der Waals surface area (Å²) in [6, 6.07) is 10.2. The number of anilines is 2. The Morgan fingerprint density at radius 3 is 2.70 bits per heavy atom. The Kier molecular flexibility index (Phi) is 5.99. The smallest absolute Gasteiger partial charge is 0.239 e. The van der Waals surface area contributed by atoms with Gasteiger partial charge in [0.25, 0.3) is 0 Å². The lowest BCUT2D eigenvalue weighted by Crippen LogP contribution is -2.48. The average molecular weight is 385 g/mol. The van der Waals surface area contributed by atoms with Crippen molar-refractivity contribution in [3.63, 3.8) is 0 Å².